The lowest BCUT2D eigenvalue weighted by Crippen LogP contribution is -2.31. The summed E-state index contributed by atoms with van der Waals surface area (Å²) >= 11 is 1.37. The molecule has 1 aromatic rings. The highest BCUT2D eigenvalue weighted by molar-refractivity contribution is 8.07. The second kappa shape index (κ2) is 6.67. The average molecular weight is 355 g/mol. The molecule has 0 fully saturated rings. The maximum absolute atomic E-state index is 12.5. The summed E-state index contributed by atoms with van der Waals surface area (Å²) in [6.45, 7) is 5.67. The highest BCUT2D eigenvalue weighted by Crippen LogP contribution is 2.38. The van der Waals surface area contributed by atoms with E-state index in [9.17, 15) is 9.90 Å². The summed E-state index contributed by atoms with van der Waals surface area (Å²) in [5.74, 6) is -0.409. The number of amides is 1. The zero-order valence-corrected chi connectivity index (χ0v) is 14.3. The number of thioether (sulfide) groups is 1. The molecule has 0 spiro atoms. The van der Waals surface area contributed by atoms with E-state index < -0.39 is 12.1 Å². The molecule has 8 heteroatoms. The second-order valence-corrected chi connectivity index (χ2v) is 6.40. The van der Waals surface area contributed by atoms with Gasteiger partial charge >= 0.3 is 0 Å². The van der Waals surface area contributed by atoms with E-state index in [4.69, 9.17) is 11.1 Å². The normalized spacial score (nSPS) is 21.2. The van der Waals surface area contributed by atoms with Crippen LogP contribution >= 0.6 is 11.8 Å². The highest BCUT2D eigenvalue weighted by Gasteiger charge is 2.32. The minimum atomic E-state index is -1.19. The van der Waals surface area contributed by atoms with Crippen molar-refractivity contribution < 1.29 is 9.90 Å². The number of nitrogens with zero attached hydrogens (tertiary/aromatic N) is 1. The van der Waals surface area contributed by atoms with E-state index in [1.54, 1.807) is 12.3 Å². The van der Waals surface area contributed by atoms with Crippen LogP contribution in [0, 0.1) is 5.41 Å². The number of carbonyl (C=O) groups is 1. The van der Waals surface area contributed by atoms with Crippen molar-refractivity contribution in [2.75, 3.05) is 5.32 Å². The fourth-order valence-corrected chi connectivity index (χ4v) is 3.57. The molecule has 1 atom stereocenters. The molecular formula is C17H17N5O2S. The van der Waals surface area contributed by atoms with E-state index >= 15 is 0 Å². The fourth-order valence-electron chi connectivity index (χ4n) is 2.50. The molecule has 0 bridgehead atoms. The number of aromatic nitrogens is 1. The molecular weight excluding hydrogens is 338 g/mol. The Morgan fingerprint density at radius 1 is 1.56 bits per heavy atom. The SMILES string of the molecule is C=C/C(=C\C)C1=CN/C(=C2\C(=N)c3ncc(C(N)O)cc3NC2=O)S1. The summed E-state index contributed by atoms with van der Waals surface area (Å²) < 4.78 is 0. The Bertz CT molecular complexity index is 883. The van der Waals surface area contributed by atoms with Gasteiger partial charge in [-0.05, 0) is 18.6 Å². The number of aliphatic hydroxyl groups excluding tert-OH is 1. The van der Waals surface area contributed by atoms with Gasteiger partial charge < -0.3 is 21.5 Å². The van der Waals surface area contributed by atoms with Gasteiger partial charge in [-0.2, -0.15) is 0 Å². The Balaban J connectivity index is 1.97. The Labute approximate surface area is 148 Å². The van der Waals surface area contributed by atoms with Crippen molar-refractivity contribution in [3.8, 4) is 0 Å². The minimum Gasteiger partial charge on any atom is -0.374 e. The number of allylic oxidation sites excluding steroid dienone is 3. The number of aliphatic hydroxyl groups is 1. The van der Waals surface area contributed by atoms with Gasteiger partial charge in [0.2, 0.25) is 0 Å². The third kappa shape index (κ3) is 3.02. The van der Waals surface area contributed by atoms with E-state index in [1.807, 2.05) is 13.0 Å². The number of pyridine rings is 1. The van der Waals surface area contributed by atoms with Gasteiger partial charge in [0.05, 0.1) is 22.0 Å². The van der Waals surface area contributed by atoms with Crippen LogP contribution in [0.15, 0.2) is 58.3 Å². The van der Waals surface area contributed by atoms with E-state index in [1.165, 1.54) is 24.0 Å². The molecule has 1 amide bonds. The Kier molecular flexibility index (Phi) is 4.58. The van der Waals surface area contributed by atoms with Gasteiger partial charge in [-0.1, -0.05) is 30.5 Å². The van der Waals surface area contributed by atoms with Gasteiger partial charge in [0, 0.05) is 22.9 Å². The molecule has 3 rings (SSSR count). The standard InChI is InChI=1S/C17H17N5O2S/c1-3-8(4-2)11-7-21-17(25-11)12-13(18)14-10(22-16(12)24)5-9(6-20-14)15(19)23/h3-7,15,18,21,23H,1,19H2,2H3,(H,22,24)/b8-4+,17-12-,18-13?. The molecule has 0 aliphatic carbocycles. The number of hydrogen-bond donors (Lipinski definition) is 5. The van der Waals surface area contributed by atoms with Crippen LogP contribution in [0.5, 0.6) is 0 Å². The van der Waals surface area contributed by atoms with Crippen molar-refractivity contribution >= 4 is 29.1 Å². The van der Waals surface area contributed by atoms with Crippen molar-refractivity contribution in [2.24, 2.45) is 5.73 Å². The molecule has 2 aliphatic heterocycles. The number of nitrogens with one attached hydrogen (secondary N) is 3. The van der Waals surface area contributed by atoms with Crippen molar-refractivity contribution in [1.82, 2.24) is 10.3 Å². The van der Waals surface area contributed by atoms with E-state index in [-0.39, 0.29) is 11.3 Å². The van der Waals surface area contributed by atoms with Gasteiger partial charge in [-0.15, -0.1) is 0 Å². The van der Waals surface area contributed by atoms with Crippen LogP contribution in [-0.4, -0.2) is 21.7 Å². The summed E-state index contributed by atoms with van der Waals surface area (Å²) in [7, 11) is 0. The lowest BCUT2D eigenvalue weighted by molar-refractivity contribution is -0.112. The van der Waals surface area contributed by atoms with Gasteiger partial charge in [-0.3, -0.25) is 15.2 Å². The van der Waals surface area contributed by atoms with Gasteiger partial charge in [0.15, 0.2) is 0 Å². The molecule has 7 nitrogen and oxygen atoms in total. The monoisotopic (exact) mass is 355 g/mol. The summed E-state index contributed by atoms with van der Waals surface area (Å²) in [6, 6.07) is 1.52. The van der Waals surface area contributed by atoms with Crippen molar-refractivity contribution in [3.05, 3.63) is 69.5 Å². The molecule has 0 saturated carbocycles. The average Bonchev–Trinajstić information content (AvgIpc) is 3.04. The first-order chi connectivity index (χ1) is 12.0. The second-order valence-electron chi connectivity index (χ2n) is 5.35. The molecule has 1 unspecified atom stereocenters. The topological polar surface area (TPSA) is 124 Å². The number of nitrogens with two attached hydrogens (primary N) is 1. The van der Waals surface area contributed by atoms with Crippen molar-refractivity contribution in [2.45, 2.75) is 13.2 Å². The maximum Gasteiger partial charge on any atom is 0.260 e. The van der Waals surface area contributed by atoms with Crippen LogP contribution in [0.25, 0.3) is 0 Å². The first-order valence-electron chi connectivity index (χ1n) is 7.48. The van der Waals surface area contributed by atoms with Crippen LogP contribution in [-0.2, 0) is 4.79 Å². The molecule has 2 aliphatic rings. The molecule has 0 saturated heterocycles. The first-order valence-corrected chi connectivity index (χ1v) is 8.30. The highest BCUT2D eigenvalue weighted by atomic mass is 32.2. The van der Waals surface area contributed by atoms with Gasteiger partial charge in [0.25, 0.3) is 5.91 Å². The van der Waals surface area contributed by atoms with E-state index in [0.717, 1.165) is 10.5 Å². The number of hydrogen-bond acceptors (Lipinski definition) is 7. The molecule has 128 valence electrons. The summed E-state index contributed by atoms with van der Waals surface area (Å²) in [6.07, 6.45) is 5.63. The van der Waals surface area contributed by atoms with Crippen molar-refractivity contribution in [3.63, 3.8) is 0 Å². The quantitative estimate of drug-likeness (QED) is 0.320. The van der Waals surface area contributed by atoms with Crippen molar-refractivity contribution in [1.29, 1.82) is 5.41 Å². The summed E-state index contributed by atoms with van der Waals surface area (Å²) in [4.78, 5) is 17.6. The predicted molar refractivity (Wildman–Crippen MR) is 98.6 cm³/mol. The smallest absolute Gasteiger partial charge is 0.260 e. The van der Waals surface area contributed by atoms with Crippen LogP contribution in [0.4, 0.5) is 5.69 Å². The fraction of sp³-hybridized carbons (Fsp3) is 0.118. The first kappa shape index (κ1) is 17.2. The number of carbonyl (C=O) groups excluding carboxylic acids is 1. The van der Waals surface area contributed by atoms with E-state index in [2.05, 4.69) is 22.2 Å². The third-order valence-corrected chi connectivity index (χ3v) is 4.90. The van der Waals surface area contributed by atoms with Crippen LogP contribution < -0.4 is 16.4 Å². The molecule has 3 heterocycles. The number of rotatable bonds is 3. The Hall–Kier alpha value is -2.68. The largest absolute Gasteiger partial charge is 0.374 e. The summed E-state index contributed by atoms with van der Waals surface area (Å²) in [5, 5.41) is 24.1. The van der Waals surface area contributed by atoms with Crippen LogP contribution in [0.2, 0.25) is 0 Å². The zero-order valence-electron chi connectivity index (χ0n) is 13.5. The van der Waals surface area contributed by atoms with Gasteiger partial charge in [0.1, 0.15) is 11.9 Å². The van der Waals surface area contributed by atoms with Gasteiger partial charge in [-0.25, -0.2) is 0 Å². The molecule has 0 radical (unpaired) electrons. The maximum atomic E-state index is 12.5. The zero-order chi connectivity index (χ0) is 18.1. The Morgan fingerprint density at radius 3 is 2.96 bits per heavy atom. The van der Waals surface area contributed by atoms with Crippen LogP contribution in [0.3, 0.4) is 0 Å². The summed E-state index contributed by atoms with van der Waals surface area (Å²) in [5.41, 5.74) is 7.65. The lowest BCUT2D eigenvalue weighted by atomic mass is 10.0. The lowest BCUT2D eigenvalue weighted by Gasteiger charge is -2.21. The molecule has 1 aromatic heterocycles. The molecule has 0 aromatic carbocycles. The molecule has 25 heavy (non-hydrogen) atoms. The van der Waals surface area contributed by atoms with E-state index in [0.29, 0.717) is 22.0 Å². The number of fused-ring (bicyclic) bond motifs is 1. The molecule has 6 N–H and O–H groups in total. The number of anilines is 1. The predicted octanol–water partition coefficient (Wildman–Crippen LogP) is 1.87. The Morgan fingerprint density at radius 2 is 2.32 bits per heavy atom. The minimum absolute atomic E-state index is 0.0158. The third-order valence-electron chi connectivity index (χ3n) is 3.80. The van der Waals surface area contributed by atoms with Crippen LogP contribution in [0.1, 0.15) is 24.4 Å².